The molecule has 26 heavy (non-hydrogen) atoms. The Morgan fingerprint density at radius 3 is 2.62 bits per heavy atom. The number of hydrogen-bond acceptors (Lipinski definition) is 5. The van der Waals surface area contributed by atoms with Crippen molar-refractivity contribution < 1.29 is 18.0 Å². The van der Waals surface area contributed by atoms with Crippen LogP contribution in [0.25, 0.3) is 10.2 Å². The zero-order valence-corrected chi connectivity index (χ0v) is 14.8. The molecule has 4 nitrogen and oxygen atoms in total. The van der Waals surface area contributed by atoms with E-state index in [0.29, 0.717) is 5.56 Å². The van der Waals surface area contributed by atoms with Crippen LogP contribution in [0.5, 0.6) is 0 Å². The Hall–Kier alpha value is -2.39. The first kappa shape index (κ1) is 18.4. The second-order valence-electron chi connectivity index (χ2n) is 5.15. The molecule has 2 aromatic carbocycles. The molecular formula is C17H12F3N3OS2. The number of nitrogens with zero attached hydrogens (tertiary/aromatic N) is 2. The van der Waals surface area contributed by atoms with Gasteiger partial charge in [-0.3, -0.25) is 4.79 Å². The lowest BCUT2D eigenvalue weighted by molar-refractivity contribution is -0.137. The monoisotopic (exact) mass is 395 g/mol. The van der Waals surface area contributed by atoms with E-state index in [2.05, 4.69) is 15.5 Å². The van der Waals surface area contributed by atoms with Crippen LogP contribution in [-0.4, -0.2) is 22.9 Å². The minimum atomic E-state index is -4.37. The number of thioether (sulfide) groups is 1. The maximum Gasteiger partial charge on any atom is 0.416 e. The summed E-state index contributed by atoms with van der Waals surface area (Å²) in [4.78, 5) is 16.2. The molecule has 0 atom stereocenters. The van der Waals surface area contributed by atoms with E-state index in [0.717, 1.165) is 26.7 Å². The molecule has 9 heteroatoms. The Morgan fingerprint density at radius 1 is 1.19 bits per heavy atom. The lowest BCUT2D eigenvalue weighted by Crippen LogP contribution is -2.19. The molecule has 3 rings (SSSR count). The molecule has 0 saturated carbocycles. The first-order chi connectivity index (χ1) is 12.4. The Morgan fingerprint density at radius 2 is 1.92 bits per heavy atom. The van der Waals surface area contributed by atoms with E-state index in [1.54, 1.807) is 0 Å². The van der Waals surface area contributed by atoms with Gasteiger partial charge in [0, 0.05) is 0 Å². The lowest BCUT2D eigenvalue weighted by Gasteiger charge is -2.05. The molecule has 0 aliphatic heterocycles. The molecule has 0 aliphatic carbocycles. The van der Waals surface area contributed by atoms with Crippen molar-refractivity contribution in [2.75, 3.05) is 5.75 Å². The molecule has 0 unspecified atom stereocenters. The third kappa shape index (κ3) is 4.83. The van der Waals surface area contributed by atoms with Gasteiger partial charge in [-0.1, -0.05) is 36.0 Å². The number of fused-ring (bicyclic) bond motifs is 1. The highest BCUT2D eigenvalue weighted by atomic mass is 32.2. The molecule has 1 heterocycles. The van der Waals surface area contributed by atoms with Gasteiger partial charge in [0.15, 0.2) is 4.34 Å². The quantitative estimate of drug-likeness (QED) is 0.392. The summed E-state index contributed by atoms with van der Waals surface area (Å²) in [7, 11) is 0. The molecule has 0 radical (unpaired) electrons. The van der Waals surface area contributed by atoms with Gasteiger partial charge in [0.2, 0.25) is 0 Å². The maximum absolute atomic E-state index is 12.5. The zero-order valence-electron chi connectivity index (χ0n) is 13.2. The number of hydrazone groups is 1. The number of amides is 1. The van der Waals surface area contributed by atoms with Crippen LogP contribution in [0.2, 0.25) is 0 Å². The maximum atomic E-state index is 12.5. The van der Waals surface area contributed by atoms with E-state index < -0.39 is 11.7 Å². The summed E-state index contributed by atoms with van der Waals surface area (Å²) in [6, 6.07) is 12.2. The average molecular weight is 395 g/mol. The van der Waals surface area contributed by atoms with Crippen LogP contribution in [0.1, 0.15) is 11.1 Å². The Labute approximate surface area is 155 Å². The summed E-state index contributed by atoms with van der Waals surface area (Å²) >= 11 is 2.81. The van der Waals surface area contributed by atoms with Gasteiger partial charge < -0.3 is 0 Å². The van der Waals surface area contributed by atoms with E-state index >= 15 is 0 Å². The Balaban J connectivity index is 1.49. The third-order valence-electron chi connectivity index (χ3n) is 3.24. The second kappa shape index (κ2) is 7.88. The SMILES string of the molecule is O=C(CSc1nc2ccccc2s1)N/N=C\c1ccc(C(F)(F)F)cc1. The van der Waals surface area contributed by atoms with Crippen molar-refractivity contribution in [3.63, 3.8) is 0 Å². The van der Waals surface area contributed by atoms with Crippen LogP contribution in [-0.2, 0) is 11.0 Å². The number of aromatic nitrogens is 1. The van der Waals surface area contributed by atoms with Gasteiger partial charge in [0.1, 0.15) is 0 Å². The lowest BCUT2D eigenvalue weighted by atomic mass is 10.1. The Kier molecular flexibility index (Phi) is 5.58. The fraction of sp³-hybridized carbons (Fsp3) is 0.118. The minimum Gasteiger partial charge on any atom is -0.272 e. The number of carbonyl (C=O) groups excluding carboxylic acids is 1. The molecular weight excluding hydrogens is 383 g/mol. The molecule has 0 fully saturated rings. The summed E-state index contributed by atoms with van der Waals surface area (Å²) in [6.07, 6.45) is -3.08. The van der Waals surface area contributed by atoms with Crippen LogP contribution in [0.3, 0.4) is 0 Å². The van der Waals surface area contributed by atoms with Crippen LogP contribution in [0.4, 0.5) is 13.2 Å². The molecule has 1 aromatic heterocycles. The number of rotatable bonds is 5. The van der Waals surface area contributed by atoms with E-state index in [-0.39, 0.29) is 11.7 Å². The van der Waals surface area contributed by atoms with Crippen LogP contribution < -0.4 is 5.43 Å². The van der Waals surface area contributed by atoms with Crippen molar-refractivity contribution in [3.05, 3.63) is 59.7 Å². The summed E-state index contributed by atoms with van der Waals surface area (Å²) in [6.45, 7) is 0. The van der Waals surface area contributed by atoms with Crippen molar-refractivity contribution in [2.24, 2.45) is 5.10 Å². The molecule has 3 aromatic rings. The predicted molar refractivity (Wildman–Crippen MR) is 97.5 cm³/mol. The molecule has 134 valence electrons. The predicted octanol–water partition coefficient (Wildman–Crippen LogP) is 4.56. The highest BCUT2D eigenvalue weighted by Crippen LogP contribution is 2.29. The second-order valence-corrected chi connectivity index (χ2v) is 7.40. The van der Waals surface area contributed by atoms with Crippen molar-refractivity contribution in [1.29, 1.82) is 0 Å². The van der Waals surface area contributed by atoms with E-state index in [4.69, 9.17) is 0 Å². The third-order valence-corrected chi connectivity index (χ3v) is 5.42. The van der Waals surface area contributed by atoms with Crippen molar-refractivity contribution >= 4 is 45.4 Å². The molecule has 0 bridgehead atoms. The molecule has 0 saturated heterocycles. The van der Waals surface area contributed by atoms with Crippen LogP contribution in [0, 0.1) is 0 Å². The molecule has 0 aliphatic rings. The first-order valence-electron chi connectivity index (χ1n) is 7.39. The summed E-state index contributed by atoms with van der Waals surface area (Å²) in [5, 5.41) is 3.75. The highest BCUT2D eigenvalue weighted by Gasteiger charge is 2.29. The highest BCUT2D eigenvalue weighted by molar-refractivity contribution is 8.01. The number of carbonyl (C=O) groups is 1. The topological polar surface area (TPSA) is 54.4 Å². The number of thiazole rings is 1. The Bertz CT molecular complexity index is 903. The van der Waals surface area contributed by atoms with Gasteiger partial charge in [-0.2, -0.15) is 18.3 Å². The number of benzene rings is 2. The largest absolute Gasteiger partial charge is 0.416 e. The number of hydrogen-bond donors (Lipinski definition) is 1. The average Bonchev–Trinajstić information content (AvgIpc) is 3.03. The minimum absolute atomic E-state index is 0.143. The smallest absolute Gasteiger partial charge is 0.272 e. The fourth-order valence-electron chi connectivity index (χ4n) is 2.01. The van der Waals surface area contributed by atoms with Gasteiger partial charge in [-0.15, -0.1) is 11.3 Å². The number of alkyl halides is 3. The van der Waals surface area contributed by atoms with Gasteiger partial charge in [0.25, 0.3) is 5.91 Å². The van der Waals surface area contributed by atoms with Crippen molar-refractivity contribution in [3.8, 4) is 0 Å². The summed E-state index contributed by atoms with van der Waals surface area (Å²) in [5.74, 6) is -0.179. The number of para-hydroxylation sites is 1. The first-order valence-corrected chi connectivity index (χ1v) is 9.19. The van der Waals surface area contributed by atoms with Gasteiger partial charge in [-0.05, 0) is 29.8 Å². The molecule has 1 amide bonds. The van der Waals surface area contributed by atoms with Gasteiger partial charge >= 0.3 is 6.18 Å². The summed E-state index contributed by atoms with van der Waals surface area (Å²) < 4.78 is 39.3. The normalized spacial score (nSPS) is 12.0. The fourth-order valence-corrected chi connectivity index (χ4v) is 3.87. The standard InChI is InChI=1S/C17H12F3N3OS2/c18-17(19,20)12-7-5-11(6-8-12)9-21-23-15(24)10-25-16-22-13-3-1-2-4-14(13)26-16/h1-9H,10H2,(H,23,24)/b21-9-. The van der Waals surface area contributed by atoms with Crippen LogP contribution >= 0.6 is 23.1 Å². The molecule has 0 spiro atoms. The van der Waals surface area contributed by atoms with Gasteiger partial charge in [0.05, 0.1) is 27.7 Å². The van der Waals surface area contributed by atoms with Crippen LogP contribution in [0.15, 0.2) is 58.0 Å². The van der Waals surface area contributed by atoms with Crippen molar-refractivity contribution in [2.45, 2.75) is 10.5 Å². The van der Waals surface area contributed by atoms with Crippen molar-refractivity contribution in [1.82, 2.24) is 10.4 Å². The number of nitrogens with one attached hydrogen (secondary N) is 1. The van der Waals surface area contributed by atoms with E-state index in [1.807, 2.05) is 24.3 Å². The van der Waals surface area contributed by atoms with E-state index in [9.17, 15) is 18.0 Å². The van der Waals surface area contributed by atoms with E-state index in [1.165, 1.54) is 41.4 Å². The summed E-state index contributed by atoms with van der Waals surface area (Å²) in [5.41, 5.74) is 2.96. The van der Waals surface area contributed by atoms with Gasteiger partial charge in [-0.25, -0.2) is 10.4 Å². The zero-order chi connectivity index (χ0) is 18.6. The molecule has 1 N–H and O–H groups in total. The number of halogens is 3.